The van der Waals surface area contributed by atoms with Gasteiger partial charge < -0.3 is 10.6 Å². The van der Waals surface area contributed by atoms with Crippen LogP contribution in [-0.2, 0) is 0 Å². The Kier molecular flexibility index (Phi) is 5.38. The molecule has 0 radical (unpaired) electrons. The third kappa shape index (κ3) is 3.54. The third-order valence-corrected chi connectivity index (χ3v) is 3.12. The van der Waals surface area contributed by atoms with E-state index < -0.39 is 0 Å². The smallest absolute Gasteiger partial charge is 0.128 e. The number of rotatable bonds is 5. The van der Waals surface area contributed by atoms with E-state index in [-0.39, 0.29) is 11.9 Å². The molecule has 0 bridgehead atoms. The summed E-state index contributed by atoms with van der Waals surface area (Å²) in [5.74, 6) is -0.154. The maximum atomic E-state index is 13.7. The first-order valence-corrected chi connectivity index (χ1v) is 6.17. The lowest BCUT2D eigenvalue weighted by atomic mass is 10.0. The molecule has 0 aromatic heterocycles. The molecule has 2 nitrogen and oxygen atoms in total. The van der Waals surface area contributed by atoms with E-state index >= 15 is 0 Å². The van der Waals surface area contributed by atoms with Crippen LogP contribution in [0.3, 0.4) is 0 Å². The summed E-state index contributed by atoms with van der Waals surface area (Å²) in [6.07, 6.45) is 1.77. The minimum absolute atomic E-state index is 0.0843. The number of hydrogen-bond donors (Lipinski definition) is 1. The SMILES string of the molecule is CN(C)C(CCCN)c1cc(Br)ccc1F. The second-order valence-corrected chi connectivity index (χ2v) is 4.99. The van der Waals surface area contributed by atoms with Crippen molar-refractivity contribution in [2.75, 3.05) is 20.6 Å². The van der Waals surface area contributed by atoms with Crippen molar-refractivity contribution >= 4 is 15.9 Å². The summed E-state index contributed by atoms with van der Waals surface area (Å²) >= 11 is 3.37. The first-order valence-electron chi connectivity index (χ1n) is 5.37. The van der Waals surface area contributed by atoms with Crippen LogP contribution in [0.15, 0.2) is 22.7 Å². The largest absolute Gasteiger partial charge is 0.330 e. The Morgan fingerprint density at radius 3 is 2.69 bits per heavy atom. The summed E-state index contributed by atoms with van der Waals surface area (Å²) in [7, 11) is 3.92. The molecule has 0 aliphatic rings. The van der Waals surface area contributed by atoms with Crippen LogP contribution in [-0.4, -0.2) is 25.5 Å². The highest BCUT2D eigenvalue weighted by Gasteiger charge is 2.17. The molecule has 0 heterocycles. The molecule has 0 aliphatic heterocycles. The number of nitrogens with two attached hydrogens (primary N) is 1. The molecule has 2 N–H and O–H groups in total. The lowest BCUT2D eigenvalue weighted by molar-refractivity contribution is 0.273. The summed E-state index contributed by atoms with van der Waals surface area (Å²) in [6, 6.07) is 5.14. The Labute approximate surface area is 105 Å². The first kappa shape index (κ1) is 13.6. The number of benzene rings is 1. The fraction of sp³-hybridized carbons (Fsp3) is 0.500. The maximum Gasteiger partial charge on any atom is 0.128 e. The maximum absolute atomic E-state index is 13.7. The Morgan fingerprint density at radius 2 is 2.12 bits per heavy atom. The Balaban J connectivity index is 2.95. The zero-order chi connectivity index (χ0) is 12.1. The molecular formula is C12H18BrFN2. The van der Waals surface area contributed by atoms with Gasteiger partial charge in [-0.1, -0.05) is 15.9 Å². The Morgan fingerprint density at radius 1 is 1.44 bits per heavy atom. The van der Waals surface area contributed by atoms with Gasteiger partial charge in [-0.3, -0.25) is 0 Å². The topological polar surface area (TPSA) is 29.3 Å². The van der Waals surface area contributed by atoms with Crippen molar-refractivity contribution in [3.63, 3.8) is 0 Å². The van der Waals surface area contributed by atoms with Gasteiger partial charge in [0.25, 0.3) is 0 Å². The predicted octanol–water partition coefficient (Wildman–Crippen LogP) is 2.93. The van der Waals surface area contributed by atoms with Crippen molar-refractivity contribution in [3.05, 3.63) is 34.1 Å². The summed E-state index contributed by atoms with van der Waals surface area (Å²) in [5.41, 5.74) is 6.23. The van der Waals surface area contributed by atoms with E-state index in [0.717, 1.165) is 22.9 Å². The third-order valence-electron chi connectivity index (χ3n) is 2.62. The molecule has 1 unspecified atom stereocenters. The Hall–Kier alpha value is -0.450. The molecule has 16 heavy (non-hydrogen) atoms. The molecule has 0 saturated heterocycles. The second-order valence-electron chi connectivity index (χ2n) is 4.08. The fourth-order valence-corrected chi connectivity index (χ4v) is 2.15. The van der Waals surface area contributed by atoms with Gasteiger partial charge in [0.15, 0.2) is 0 Å². The molecule has 1 rings (SSSR count). The van der Waals surface area contributed by atoms with Gasteiger partial charge in [-0.25, -0.2) is 4.39 Å². The van der Waals surface area contributed by atoms with Gasteiger partial charge in [-0.2, -0.15) is 0 Å². The summed E-state index contributed by atoms with van der Waals surface area (Å²) in [5, 5.41) is 0. The number of nitrogens with zero attached hydrogens (tertiary/aromatic N) is 1. The molecule has 1 aromatic carbocycles. The molecular weight excluding hydrogens is 271 g/mol. The van der Waals surface area contributed by atoms with Crippen molar-refractivity contribution in [3.8, 4) is 0 Å². The summed E-state index contributed by atoms with van der Waals surface area (Å²) in [4.78, 5) is 2.03. The minimum Gasteiger partial charge on any atom is -0.330 e. The molecule has 1 atom stereocenters. The van der Waals surface area contributed by atoms with E-state index in [9.17, 15) is 4.39 Å². The quantitative estimate of drug-likeness (QED) is 0.903. The van der Waals surface area contributed by atoms with E-state index in [4.69, 9.17) is 5.73 Å². The first-order chi connectivity index (χ1) is 7.56. The lowest BCUT2D eigenvalue weighted by Gasteiger charge is -2.25. The van der Waals surface area contributed by atoms with Crippen LogP contribution >= 0.6 is 15.9 Å². The van der Waals surface area contributed by atoms with Crippen molar-refractivity contribution in [1.29, 1.82) is 0 Å². The molecule has 1 aromatic rings. The van der Waals surface area contributed by atoms with Crippen molar-refractivity contribution in [1.82, 2.24) is 4.90 Å². The standard InChI is InChI=1S/C12H18BrFN2/c1-16(2)12(4-3-7-15)10-8-9(13)5-6-11(10)14/h5-6,8,12H,3-4,7,15H2,1-2H3. The van der Waals surface area contributed by atoms with E-state index in [1.165, 1.54) is 6.07 Å². The predicted molar refractivity (Wildman–Crippen MR) is 68.8 cm³/mol. The Bertz CT molecular complexity index is 342. The van der Waals surface area contributed by atoms with E-state index in [2.05, 4.69) is 15.9 Å². The molecule has 0 saturated carbocycles. The molecule has 0 aliphatic carbocycles. The van der Waals surface area contributed by atoms with Crippen LogP contribution in [0, 0.1) is 5.82 Å². The average Bonchev–Trinajstić information content (AvgIpc) is 2.23. The van der Waals surface area contributed by atoms with Crippen LogP contribution < -0.4 is 5.73 Å². The summed E-state index contributed by atoms with van der Waals surface area (Å²) < 4.78 is 14.6. The fourth-order valence-electron chi connectivity index (χ4n) is 1.77. The highest BCUT2D eigenvalue weighted by atomic mass is 79.9. The molecule has 90 valence electrons. The number of halogens is 2. The van der Waals surface area contributed by atoms with Crippen molar-refractivity contribution in [2.45, 2.75) is 18.9 Å². The monoisotopic (exact) mass is 288 g/mol. The van der Waals surface area contributed by atoms with Crippen molar-refractivity contribution < 1.29 is 4.39 Å². The van der Waals surface area contributed by atoms with Crippen LogP contribution in [0.25, 0.3) is 0 Å². The zero-order valence-corrected chi connectivity index (χ0v) is 11.3. The zero-order valence-electron chi connectivity index (χ0n) is 9.71. The van der Waals surface area contributed by atoms with E-state index in [0.29, 0.717) is 6.54 Å². The van der Waals surface area contributed by atoms with Crippen LogP contribution in [0.1, 0.15) is 24.4 Å². The highest BCUT2D eigenvalue weighted by Crippen LogP contribution is 2.28. The molecule has 0 amide bonds. The van der Waals surface area contributed by atoms with Gasteiger partial charge >= 0.3 is 0 Å². The van der Waals surface area contributed by atoms with Crippen molar-refractivity contribution in [2.24, 2.45) is 5.73 Å². The van der Waals surface area contributed by atoms with Gasteiger partial charge in [0, 0.05) is 16.1 Å². The average molecular weight is 289 g/mol. The highest BCUT2D eigenvalue weighted by molar-refractivity contribution is 9.10. The molecule has 4 heteroatoms. The van der Waals surface area contributed by atoms with Gasteiger partial charge in [0.05, 0.1) is 0 Å². The minimum atomic E-state index is -0.154. The van der Waals surface area contributed by atoms with Gasteiger partial charge in [-0.15, -0.1) is 0 Å². The van der Waals surface area contributed by atoms with E-state index in [1.54, 1.807) is 6.07 Å². The van der Waals surface area contributed by atoms with Gasteiger partial charge in [-0.05, 0) is 51.7 Å². The normalized spacial score (nSPS) is 13.1. The van der Waals surface area contributed by atoms with Crippen LogP contribution in [0.4, 0.5) is 4.39 Å². The van der Waals surface area contributed by atoms with E-state index in [1.807, 2.05) is 25.1 Å². The van der Waals surface area contributed by atoms with Crippen LogP contribution in [0.2, 0.25) is 0 Å². The second kappa shape index (κ2) is 6.33. The molecule has 0 spiro atoms. The van der Waals surface area contributed by atoms with Gasteiger partial charge in [0.1, 0.15) is 5.82 Å². The number of hydrogen-bond acceptors (Lipinski definition) is 2. The molecule has 0 fully saturated rings. The van der Waals surface area contributed by atoms with Gasteiger partial charge in [0.2, 0.25) is 0 Å². The summed E-state index contributed by atoms with van der Waals surface area (Å²) in [6.45, 7) is 0.639. The van der Waals surface area contributed by atoms with Crippen LogP contribution in [0.5, 0.6) is 0 Å². The lowest BCUT2D eigenvalue weighted by Crippen LogP contribution is -2.22.